The standard InChI is InChI=1S/C13H21NO/c1-3-4-10-14(15)12(2)11-13-8-6-5-7-9-13/h5-9,12,15H,3-4,10-11H2,1-2H3. The molecule has 0 saturated heterocycles. The Balaban J connectivity index is 2.38. The minimum atomic E-state index is 0.193. The van der Waals surface area contributed by atoms with Gasteiger partial charge >= 0.3 is 0 Å². The molecule has 1 rings (SSSR count). The van der Waals surface area contributed by atoms with Crippen molar-refractivity contribution < 1.29 is 5.21 Å². The number of hydroxylamine groups is 2. The third-order valence-electron chi connectivity index (χ3n) is 2.62. The molecule has 0 spiro atoms. The van der Waals surface area contributed by atoms with Crippen LogP contribution in [-0.4, -0.2) is 22.9 Å². The average Bonchev–Trinajstić information content (AvgIpc) is 2.27. The second-order valence-electron chi connectivity index (χ2n) is 4.06. The van der Waals surface area contributed by atoms with Crippen LogP contribution in [0, 0.1) is 0 Å². The molecule has 0 saturated carbocycles. The van der Waals surface area contributed by atoms with E-state index in [2.05, 4.69) is 26.0 Å². The summed E-state index contributed by atoms with van der Waals surface area (Å²) >= 11 is 0. The summed E-state index contributed by atoms with van der Waals surface area (Å²) in [5.74, 6) is 0. The van der Waals surface area contributed by atoms with Gasteiger partial charge < -0.3 is 5.21 Å². The van der Waals surface area contributed by atoms with E-state index in [0.29, 0.717) is 0 Å². The topological polar surface area (TPSA) is 23.5 Å². The summed E-state index contributed by atoms with van der Waals surface area (Å²) in [6.45, 7) is 4.96. The van der Waals surface area contributed by atoms with E-state index < -0.39 is 0 Å². The summed E-state index contributed by atoms with van der Waals surface area (Å²) in [5.41, 5.74) is 1.28. The monoisotopic (exact) mass is 207 g/mol. The van der Waals surface area contributed by atoms with Gasteiger partial charge in [0.15, 0.2) is 0 Å². The molecule has 0 aliphatic rings. The Bertz CT molecular complexity index is 260. The molecule has 1 atom stereocenters. The van der Waals surface area contributed by atoms with Gasteiger partial charge in [-0.1, -0.05) is 43.7 Å². The van der Waals surface area contributed by atoms with E-state index >= 15 is 0 Å². The Morgan fingerprint density at radius 3 is 2.53 bits per heavy atom. The first-order valence-electron chi connectivity index (χ1n) is 5.73. The predicted molar refractivity (Wildman–Crippen MR) is 63.0 cm³/mol. The van der Waals surface area contributed by atoms with Crippen molar-refractivity contribution in [1.82, 2.24) is 5.06 Å². The molecule has 1 N–H and O–H groups in total. The van der Waals surface area contributed by atoms with Crippen LogP contribution in [0.3, 0.4) is 0 Å². The zero-order valence-electron chi connectivity index (χ0n) is 9.69. The molecule has 0 bridgehead atoms. The number of hydrogen-bond donors (Lipinski definition) is 1. The van der Waals surface area contributed by atoms with Crippen LogP contribution in [0.15, 0.2) is 30.3 Å². The Kier molecular flexibility index (Phi) is 5.37. The van der Waals surface area contributed by atoms with Gasteiger partial charge in [-0.2, -0.15) is 5.06 Å². The van der Waals surface area contributed by atoms with Crippen LogP contribution < -0.4 is 0 Å². The van der Waals surface area contributed by atoms with Gasteiger partial charge in [-0.3, -0.25) is 0 Å². The summed E-state index contributed by atoms with van der Waals surface area (Å²) < 4.78 is 0. The molecule has 2 heteroatoms. The highest BCUT2D eigenvalue weighted by Gasteiger charge is 2.10. The fraction of sp³-hybridized carbons (Fsp3) is 0.538. The molecule has 0 amide bonds. The van der Waals surface area contributed by atoms with Gasteiger partial charge in [0, 0.05) is 12.6 Å². The van der Waals surface area contributed by atoms with Crippen LogP contribution in [0.2, 0.25) is 0 Å². The van der Waals surface area contributed by atoms with Crippen LogP contribution in [0.1, 0.15) is 32.3 Å². The van der Waals surface area contributed by atoms with Crippen molar-refractivity contribution in [2.45, 2.75) is 39.2 Å². The number of nitrogens with zero attached hydrogens (tertiary/aromatic N) is 1. The third-order valence-corrected chi connectivity index (χ3v) is 2.62. The van der Waals surface area contributed by atoms with E-state index in [1.807, 2.05) is 18.2 Å². The summed E-state index contributed by atoms with van der Waals surface area (Å²) in [4.78, 5) is 0. The molecule has 84 valence electrons. The van der Waals surface area contributed by atoms with E-state index in [4.69, 9.17) is 0 Å². The highest BCUT2D eigenvalue weighted by molar-refractivity contribution is 5.15. The highest BCUT2D eigenvalue weighted by atomic mass is 16.5. The molecule has 0 aromatic heterocycles. The minimum Gasteiger partial charge on any atom is -0.314 e. The van der Waals surface area contributed by atoms with Crippen molar-refractivity contribution in [3.8, 4) is 0 Å². The molecule has 0 aliphatic carbocycles. The summed E-state index contributed by atoms with van der Waals surface area (Å²) in [6.07, 6.45) is 3.08. The number of rotatable bonds is 6. The van der Waals surface area contributed by atoms with Gasteiger partial charge in [0.05, 0.1) is 0 Å². The van der Waals surface area contributed by atoms with Crippen molar-refractivity contribution in [1.29, 1.82) is 0 Å². The van der Waals surface area contributed by atoms with Crippen LogP contribution in [0.25, 0.3) is 0 Å². The normalized spacial score (nSPS) is 13.1. The maximum atomic E-state index is 9.74. The van der Waals surface area contributed by atoms with Gasteiger partial charge in [0.2, 0.25) is 0 Å². The first kappa shape index (κ1) is 12.2. The predicted octanol–water partition coefficient (Wildman–Crippen LogP) is 3.11. The molecule has 1 unspecified atom stereocenters. The van der Waals surface area contributed by atoms with Gasteiger partial charge in [0.1, 0.15) is 0 Å². The van der Waals surface area contributed by atoms with Crippen LogP contribution >= 0.6 is 0 Å². The van der Waals surface area contributed by atoms with Gasteiger partial charge in [0.25, 0.3) is 0 Å². The van der Waals surface area contributed by atoms with E-state index in [-0.39, 0.29) is 6.04 Å². The molecular weight excluding hydrogens is 186 g/mol. The molecule has 1 aromatic rings. The van der Waals surface area contributed by atoms with Gasteiger partial charge in [-0.25, -0.2) is 0 Å². The Labute approximate surface area is 92.5 Å². The smallest absolute Gasteiger partial charge is 0.0362 e. The Morgan fingerprint density at radius 1 is 1.27 bits per heavy atom. The van der Waals surface area contributed by atoms with Crippen molar-refractivity contribution in [2.75, 3.05) is 6.54 Å². The maximum Gasteiger partial charge on any atom is 0.0362 e. The lowest BCUT2D eigenvalue weighted by atomic mass is 10.1. The molecule has 2 nitrogen and oxygen atoms in total. The molecule has 15 heavy (non-hydrogen) atoms. The quantitative estimate of drug-likeness (QED) is 0.724. The second-order valence-corrected chi connectivity index (χ2v) is 4.06. The van der Waals surface area contributed by atoms with E-state index in [1.54, 1.807) is 0 Å². The van der Waals surface area contributed by atoms with E-state index in [9.17, 15) is 5.21 Å². The Morgan fingerprint density at radius 2 is 1.93 bits per heavy atom. The molecule has 0 fully saturated rings. The second kappa shape index (κ2) is 6.59. The summed E-state index contributed by atoms with van der Waals surface area (Å²) in [6, 6.07) is 10.5. The van der Waals surface area contributed by atoms with Crippen LogP contribution in [0.4, 0.5) is 0 Å². The van der Waals surface area contributed by atoms with Crippen molar-refractivity contribution >= 4 is 0 Å². The summed E-state index contributed by atoms with van der Waals surface area (Å²) in [7, 11) is 0. The maximum absolute atomic E-state index is 9.74. The van der Waals surface area contributed by atoms with Crippen molar-refractivity contribution in [2.24, 2.45) is 0 Å². The summed E-state index contributed by atoms with van der Waals surface area (Å²) in [5, 5.41) is 11.2. The molecule has 1 aromatic carbocycles. The first-order chi connectivity index (χ1) is 7.24. The number of unbranched alkanes of at least 4 members (excludes halogenated alkanes) is 1. The average molecular weight is 207 g/mol. The number of benzene rings is 1. The van der Waals surface area contributed by atoms with Crippen molar-refractivity contribution in [3.05, 3.63) is 35.9 Å². The van der Waals surface area contributed by atoms with Crippen LogP contribution in [0.5, 0.6) is 0 Å². The molecule has 0 aliphatic heterocycles. The Hall–Kier alpha value is -0.860. The fourth-order valence-corrected chi connectivity index (χ4v) is 1.60. The lowest BCUT2D eigenvalue weighted by Crippen LogP contribution is -2.32. The van der Waals surface area contributed by atoms with E-state index in [0.717, 1.165) is 25.8 Å². The lowest BCUT2D eigenvalue weighted by Gasteiger charge is -2.22. The third kappa shape index (κ3) is 4.45. The van der Waals surface area contributed by atoms with Crippen LogP contribution in [-0.2, 0) is 6.42 Å². The zero-order valence-corrected chi connectivity index (χ0v) is 9.69. The number of hydrogen-bond acceptors (Lipinski definition) is 2. The van der Waals surface area contributed by atoms with Gasteiger partial charge in [-0.15, -0.1) is 0 Å². The SMILES string of the molecule is CCCCN(O)C(C)Cc1ccccc1. The largest absolute Gasteiger partial charge is 0.314 e. The van der Waals surface area contributed by atoms with E-state index in [1.165, 1.54) is 10.6 Å². The fourth-order valence-electron chi connectivity index (χ4n) is 1.60. The molecule has 0 heterocycles. The minimum absolute atomic E-state index is 0.193. The molecule has 0 radical (unpaired) electrons. The highest BCUT2D eigenvalue weighted by Crippen LogP contribution is 2.07. The lowest BCUT2D eigenvalue weighted by molar-refractivity contribution is -0.122. The zero-order chi connectivity index (χ0) is 11.1. The first-order valence-corrected chi connectivity index (χ1v) is 5.73. The molecular formula is C13H21NO. The van der Waals surface area contributed by atoms with Crippen molar-refractivity contribution in [3.63, 3.8) is 0 Å². The van der Waals surface area contributed by atoms with Gasteiger partial charge in [-0.05, 0) is 25.3 Å².